The van der Waals surface area contributed by atoms with E-state index in [9.17, 15) is 0 Å². The summed E-state index contributed by atoms with van der Waals surface area (Å²) in [5.74, 6) is 0.937. The number of thiazole rings is 1. The Hall–Kier alpha value is -1.04. The van der Waals surface area contributed by atoms with Crippen LogP contribution in [0.2, 0.25) is 0 Å². The van der Waals surface area contributed by atoms with E-state index >= 15 is 0 Å². The largest absolute Gasteiger partial charge is 0.497 e. The number of thioether (sulfide) groups is 1. The Labute approximate surface area is 134 Å². The van der Waals surface area contributed by atoms with Crippen LogP contribution in [0.3, 0.4) is 0 Å². The molecular formula is C16H20N2OS2. The van der Waals surface area contributed by atoms with Crippen molar-refractivity contribution in [2.24, 2.45) is 0 Å². The van der Waals surface area contributed by atoms with Crippen LogP contribution in [0, 0.1) is 6.92 Å². The maximum Gasteiger partial charge on any atom is 0.150 e. The van der Waals surface area contributed by atoms with Gasteiger partial charge in [-0.1, -0.05) is 24.8 Å². The van der Waals surface area contributed by atoms with Crippen LogP contribution >= 0.6 is 23.1 Å². The molecule has 2 aromatic rings. The number of ether oxygens (including phenoxy) is 1. The summed E-state index contributed by atoms with van der Waals surface area (Å²) in [7, 11) is 1.73. The Kier molecular flexibility index (Phi) is 4.52. The number of aromatic nitrogens is 1. The van der Waals surface area contributed by atoms with Gasteiger partial charge in [-0.2, -0.15) is 0 Å². The van der Waals surface area contributed by atoms with Crippen molar-refractivity contribution in [3.63, 3.8) is 0 Å². The zero-order valence-electron chi connectivity index (χ0n) is 12.6. The van der Waals surface area contributed by atoms with Crippen LogP contribution in [-0.2, 0) is 6.42 Å². The van der Waals surface area contributed by atoms with Gasteiger partial charge in [-0.3, -0.25) is 0 Å². The molecule has 1 heterocycles. The van der Waals surface area contributed by atoms with Crippen LogP contribution < -0.4 is 10.1 Å². The molecule has 0 spiro atoms. The summed E-state index contributed by atoms with van der Waals surface area (Å²) in [4.78, 5) is 4.59. The molecule has 1 aliphatic rings. The number of hydrogen-bond acceptors (Lipinski definition) is 5. The number of aryl methyl sites for hydroxylation is 1. The van der Waals surface area contributed by atoms with Crippen LogP contribution in [0.1, 0.15) is 29.8 Å². The number of nitrogens with one attached hydrogen (secondary N) is 1. The van der Waals surface area contributed by atoms with Gasteiger partial charge in [0, 0.05) is 22.4 Å². The van der Waals surface area contributed by atoms with Gasteiger partial charge in [0.15, 0.2) is 0 Å². The highest BCUT2D eigenvalue weighted by molar-refractivity contribution is 8.01. The second-order valence-electron chi connectivity index (χ2n) is 5.22. The summed E-state index contributed by atoms with van der Waals surface area (Å²) in [6.07, 6.45) is 1.08. The van der Waals surface area contributed by atoms with E-state index in [0.29, 0.717) is 11.3 Å². The fourth-order valence-electron chi connectivity index (χ4n) is 2.80. The first-order valence-electron chi connectivity index (χ1n) is 7.20. The SMILES string of the molecule is CCNC1c2cc(OC)ccc2CC1Sc1nc(C)cs1. The molecule has 1 N–H and O–H groups in total. The Bertz CT molecular complexity index is 626. The molecule has 1 aromatic carbocycles. The van der Waals surface area contributed by atoms with E-state index in [-0.39, 0.29) is 0 Å². The van der Waals surface area contributed by atoms with Crippen LogP contribution in [0.15, 0.2) is 27.9 Å². The predicted molar refractivity (Wildman–Crippen MR) is 89.6 cm³/mol. The molecule has 1 aromatic heterocycles. The first-order valence-corrected chi connectivity index (χ1v) is 8.96. The van der Waals surface area contributed by atoms with Crippen molar-refractivity contribution < 1.29 is 4.74 Å². The van der Waals surface area contributed by atoms with Gasteiger partial charge in [0.05, 0.1) is 7.11 Å². The van der Waals surface area contributed by atoms with Gasteiger partial charge in [-0.05, 0) is 43.1 Å². The summed E-state index contributed by atoms with van der Waals surface area (Å²) in [6, 6.07) is 6.81. The third-order valence-corrected chi connectivity index (χ3v) is 6.12. The van der Waals surface area contributed by atoms with Gasteiger partial charge in [-0.25, -0.2) is 4.98 Å². The van der Waals surface area contributed by atoms with Gasteiger partial charge in [-0.15, -0.1) is 11.3 Å². The Morgan fingerprint density at radius 3 is 3.00 bits per heavy atom. The molecule has 0 fully saturated rings. The minimum Gasteiger partial charge on any atom is -0.497 e. The van der Waals surface area contributed by atoms with Crippen molar-refractivity contribution in [2.45, 2.75) is 35.9 Å². The maximum absolute atomic E-state index is 5.38. The van der Waals surface area contributed by atoms with E-state index in [4.69, 9.17) is 4.74 Å². The molecule has 21 heavy (non-hydrogen) atoms. The van der Waals surface area contributed by atoms with Crippen molar-refractivity contribution in [3.05, 3.63) is 40.4 Å². The van der Waals surface area contributed by atoms with Crippen LogP contribution in [0.5, 0.6) is 5.75 Å². The van der Waals surface area contributed by atoms with Gasteiger partial charge in [0.2, 0.25) is 0 Å². The number of fused-ring (bicyclic) bond motifs is 1. The van der Waals surface area contributed by atoms with E-state index in [2.05, 4.69) is 47.7 Å². The number of hydrogen-bond donors (Lipinski definition) is 1. The average Bonchev–Trinajstić information content (AvgIpc) is 3.04. The molecule has 3 nitrogen and oxygen atoms in total. The fraction of sp³-hybridized carbons (Fsp3) is 0.438. The zero-order valence-corrected chi connectivity index (χ0v) is 14.2. The second kappa shape index (κ2) is 6.38. The number of benzene rings is 1. The third-order valence-electron chi connectivity index (χ3n) is 3.76. The molecule has 5 heteroatoms. The molecule has 2 unspecified atom stereocenters. The van der Waals surface area contributed by atoms with Crippen molar-refractivity contribution in [3.8, 4) is 5.75 Å². The lowest BCUT2D eigenvalue weighted by Crippen LogP contribution is -2.26. The molecule has 0 saturated carbocycles. The minimum atomic E-state index is 0.370. The standard InChI is InChI=1S/C16H20N2OS2/c1-4-17-15-13-8-12(19-3)6-5-11(13)7-14(15)21-16-18-10(2)9-20-16/h5-6,8-9,14-15,17H,4,7H2,1-3H3. The summed E-state index contributed by atoms with van der Waals surface area (Å²) < 4.78 is 6.54. The quantitative estimate of drug-likeness (QED) is 0.908. The highest BCUT2D eigenvalue weighted by Gasteiger charge is 2.33. The van der Waals surface area contributed by atoms with Gasteiger partial charge in [0.25, 0.3) is 0 Å². The lowest BCUT2D eigenvalue weighted by molar-refractivity contribution is 0.413. The summed E-state index contributed by atoms with van der Waals surface area (Å²) >= 11 is 3.64. The Morgan fingerprint density at radius 2 is 2.33 bits per heavy atom. The van der Waals surface area contributed by atoms with Gasteiger partial charge >= 0.3 is 0 Å². The lowest BCUT2D eigenvalue weighted by Gasteiger charge is -2.20. The summed E-state index contributed by atoms with van der Waals surface area (Å²) in [5, 5.41) is 6.25. The lowest BCUT2D eigenvalue weighted by atomic mass is 10.1. The highest BCUT2D eigenvalue weighted by atomic mass is 32.2. The van der Waals surface area contributed by atoms with Crippen molar-refractivity contribution in [1.29, 1.82) is 0 Å². The minimum absolute atomic E-state index is 0.370. The van der Waals surface area contributed by atoms with E-state index in [1.54, 1.807) is 18.4 Å². The fourth-order valence-corrected chi connectivity index (χ4v) is 5.15. The molecule has 0 aliphatic heterocycles. The third kappa shape index (κ3) is 3.10. The second-order valence-corrected chi connectivity index (χ2v) is 7.56. The number of rotatable bonds is 5. The van der Waals surface area contributed by atoms with E-state index < -0.39 is 0 Å². The van der Waals surface area contributed by atoms with E-state index in [1.807, 2.05) is 11.8 Å². The number of nitrogens with zero attached hydrogens (tertiary/aromatic N) is 1. The normalized spacial score (nSPS) is 20.5. The Morgan fingerprint density at radius 1 is 1.48 bits per heavy atom. The summed E-state index contributed by atoms with van der Waals surface area (Å²) in [5.41, 5.74) is 3.91. The highest BCUT2D eigenvalue weighted by Crippen LogP contribution is 2.43. The van der Waals surface area contributed by atoms with Crippen molar-refractivity contribution >= 4 is 23.1 Å². The predicted octanol–water partition coefficient (Wildman–Crippen LogP) is 3.83. The first kappa shape index (κ1) is 14.9. The smallest absolute Gasteiger partial charge is 0.150 e. The van der Waals surface area contributed by atoms with Gasteiger partial charge < -0.3 is 10.1 Å². The summed E-state index contributed by atoms with van der Waals surface area (Å²) in [6.45, 7) is 5.18. The zero-order chi connectivity index (χ0) is 14.8. The number of methoxy groups -OCH3 is 1. The molecule has 2 atom stereocenters. The molecule has 0 radical (unpaired) electrons. The Balaban J connectivity index is 1.85. The molecule has 112 valence electrons. The van der Waals surface area contributed by atoms with E-state index in [1.165, 1.54) is 15.5 Å². The first-order chi connectivity index (χ1) is 10.2. The topological polar surface area (TPSA) is 34.1 Å². The average molecular weight is 320 g/mol. The van der Waals surface area contributed by atoms with Crippen LogP contribution in [0.4, 0.5) is 0 Å². The van der Waals surface area contributed by atoms with E-state index in [0.717, 1.165) is 24.4 Å². The monoisotopic (exact) mass is 320 g/mol. The van der Waals surface area contributed by atoms with Crippen molar-refractivity contribution in [2.75, 3.05) is 13.7 Å². The molecule has 0 bridgehead atoms. The molecular weight excluding hydrogens is 300 g/mol. The van der Waals surface area contributed by atoms with Crippen molar-refractivity contribution in [1.82, 2.24) is 10.3 Å². The molecule has 0 amide bonds. The van der Waals surface area contributed by atoms with Crippen LogP contribution in [0.25, 0.3) is 0 Å². The van der Waals surface area contributed by atoms with Crippen LogP contribution in [-0.4, -0.2) is 23.9 Å². The molecule has 3 rings (SSSR count). The molecule has 0 saturated heterocycles. The maximum atomic E-state index is 5.38. The molecule has 1 aliphatic carbocycles. The van der Waals surface area contributed by atoms with Gasteiger partial charge in [0.1, 0.15) is 10.1 Å².